The molecule has 0 spiro atoms. The van der Waals surface area contributed by atoms with Gasteiger partial charge in [-0.3, -0.25) is 4.79 Å². The minimum absolute atomic E-state index is 0.0419. The summed E-state index contributed by atoms with van der Waals surface area (Å²) in [5.74, 6) is 0.898. The van der Waals surface area contributed by atoms with Crippen LogP contribution in [0.2, 0.25) is 0 Å². The van der Waals surface area contributed by atoms with Crippen LogP contribution in [-0.4, -0.2) is 75.0 Å². The molecule has 0 unspecified atom stereocenters. The van der Waals surface area contributed by atoms with Gasteiger partial charge in [0.1, 0.15) is 6.61 Å². The van der Waals surface area contributed by atoms with Crippen LogP contribution in [0, 0.1) is 0 Å². The summed E-state index contributed by atoms with van der Waals surface area (Å²) < 4.78 is 4.88. The maximum absolute atomic E-state index is 11.7. The normalized spacial score (nSPS) is 15.3. The number of amides is 1. The van der Waals surface area contributed by atoms with Crippen LogP contribution < -0.4 is 9.80 Å². The molecule has 0 aromatic carbocycles. The Morgan fingerprint density at radius 1 is 1.35 bits per heavy atom. The number of aromatic nitrogens is 2. The molecule has 2 rings (SSSR count). The van der Waals surface area contributed by atoms with Crippen LogP contribution in [0.15, 0.2) is 12.3 Å². The monoisotopic (exact) mass is 279 g/mol. The summed E-state index contributed by atoms with van der Waals surface area (Å²) in [6.07, 6.45) is 1.74. The van der Waals surface area contributed by atoms with E-state index in [1.165, 1.54) is 7.11 Å². The average Bonchev–Trinajstić information content (AvgIpc) is 2.48. The molecular formula is C13H21N5O2. The third-order valence-corrected chi connectivity index (χ3v) is 3.37. The summed E-state index contributed by atoms with van der Waals surface area (Å²) in [4.78, 5) is 17.7. The van der Waals surface area contributed by atoms with Crippen molar-refractivity contribution in [1.82, 2.24) is 15.1 Å². The second-order valence-corrected chi connectivity index (χ2v) is 4.97. The molecule has 1 amide bonds. The van der Waals surface area contributed by atoms with E-state index in [0.29, 0.717) is 13.1 Å². The molecule has 0 aliphatic carbocycles. The van der Waals surface area contributed by atoms with Crippen molar-refractivity contribution in [2.24, 2.45) is 0 Å². The zero-order chi connectivity index (χ0) is 14.5. The molecule has 7 nitrogen and oxygen atoms in total. The Bertz CT molecular complexity index is 458. The summed E-state index contributed by atoms with van der Waals surface area (Å²) >= 11 is 0. The number of hydrogen-bond acceptors (Lipinski definition) is 6. The van der Waals surface area contributed by atoms with Gasteiger partial charge in [-0.15, -0.1) is 5.10 Å². The van der Waals surface area contributed by atoms with E-state index in [1.54, 1.807) is 6.20 Å². The summed E-state index contributed by atoms with van der Waals surface area (Å²) in [6, 6.07) is 2.01. The molecule has 20 heavy (non-hydrogen) atoms. The lowest BCUT2D eigenvalue weighted by molar-refractivity contribution is -0.135. The molecule has 1 fully saturated rings. The van der Waals surface area contributed by atoms with Gasteiger partial charge in [0, 0.05) is 53.5 Å². The average molecular weight is 279 g/mol. The molecule has 0 N–H and O–H groups in total. The Morgan fingerprint density at radius 3 is 2.65 bits per heavy atom. The van der Waals surface area contributed by atoms with Crippen molar-refractivity contribution in [1.29, 1.82) is 0 Å². The minimum Gasteiger partial charge on any atom is -0.376 e. The molecule has 0 atom stereocenters. The lowest BCUT2D eigenvalue weighted by Crippen LogP contribution is -2.50. The van der Waals surface area contributed by atoms with E-state index in [0.717, 1.165) is 24.6 Å². The SMILES string of the molecule is COCC(=O)N1CCN(c2cc(N(C)C)cnn2)CC1. The van der Waals surface area contributed by atoms with Gasteiger partial charge in [0.25, 0.3) is 0 Å². The number of anilines is 2. The van der Waals surface area contributed by atoms with Crippen LogP contribution in [0.3, 0.4) is 0 Å². The lowest BCUT2D eigenvalue weighted by Gasteiger charge is -2.35. The first-order valence-electron chi connectivity index (χ1n) is 6.63. The van der Waals surface area contributed by atoms with Gasteiger partial charge in [-0.05, 0) is 0 Å². The highest BCUT2D eigenvalue weighted by Crippen LogP contribution is 2.18. The van der Waals surface area contributed by atoms with Crippen molar-refractivity contribution < 1.29 is 9.53 Å². The molecule has 0 radical (unpaired) electrons. The molecular weight excluding hydrogens is 258 g/mol. The molecule has 7 heteroatoms. The summed E-state index contributed by atoms with van der Waals surface area (Å²) in [5, 5.41) is 8.20. The Labute approximate surface area is 119 Å². The first-order chi connectivity index (χ1) is 9.61. The first-order valence-corrected chi connectivity index (χ1v) is 6.63. The molecule has 1 saturated heterocycles. The van der Waals surface area contributed by atoms with E-state index in [-0.39, 0.29) is 12.5 Å². The van der Waals surface area contributed by atoms with E-state index in [2.05, 4.69) is 15.1 Å². The molecule has 0 bridgehead atoms. The van der Waals surface area contributed by atoms with Crippen LogP contribution >= 0.6 is 0 Å². The second kappa shape index (κ2) is 6.51. The standard InChI is InChI=1S/C13H21N5O2/c1-16(2)11-8-12(15-14-9-11)17-4-6-18(7-5-17)13(19)10-20-3/h8-9H,4-7,10H2,1-3H3. The topological polar surface area (TPSA) is 61.8 Å². The Kier molecular flexibility index (Phi) is 4.73. The number of carbonyl (C=O) groups excluding carboxylic acids is 1. The Morgan fingerprint density at radius 2 is 2.05 bits per heavy atom. The van der Waals surface area contributed by atoms with Gasteiger partial charge in [0.15, 0.2) is 5.82 Å². The molecule has 110 valence electrons. The molecule has 1 aliphatic rings. The zero-order valence-corrected chi connectivity index (χ0v) is 12.2. The van der Waals surface area contributed by atoms with E-state index in [9.17, 15) is 4.79 Å². The highest BCUT2D eigenvalue weighted by Gasteiger charge is 2.22. The van der Waals surface area contributed by atoms with Crippen molar-refractivity contribution in [2.75, 3.05) is 63.8 Å². The third kappa shape index (κ3) is 3.36. The lowest BCUT2D eigenvalue weighted by atomic mass is 10.3. The number of rotatable bonds is 4. The number of methoxy groups -OCH3 is 1. The van der Waals surface area contributed by atoms with Crippen LogP contribution in [0.1, 0.15) is 0 Å². The highest BCUT2D eigenvalue weighted by molar-refractivity contribution is 5.77. The maximum atomic E-state index is 11.7. The second-order valence-electron chi connectivity index (χ2n) is 4.97. The largest absolute Gasteiger partial charge is 0.376 e. The van der Waals surface area contributed by atoms with Gasteiger partial charge >= 0.3 is 0 Å². The third-order valence-electron chi connectivity index (χ3n) is 3.37. The van der Waals surface area contributed by atoms with Gasteiger partial charge in [-0.25, -0.2) is 0 Å². The Hall–Kier alpha value is -1.89. The van der Waals surface area contributed by atoms with Gasteiger partial charge in [0.05, 0.1) is 11.9 Å². The molecule has 1 aromatic heterocycles. The van der Waals surface area contributed by atoms with Gasteiger partial charge in [-0.1, -0.05) is 0 Å². The fourth-order valence-electron chi connectivity index (χ4n) is 2.14. The van der Waals surface area contributed by atoms with Gasteiger partial charge in [-0.2, -0.15) is 5.10 Å². The number of carbonyl (C=O) groups is 1. The number of piperazine rings is 1. The predicted molar refractivity (Wildman–Crippen MR) is 77.0 cm³/mol. The summed E-state index contributed by atoms with van der Waals surface area (Å²) in [7, 11) is 5.49. The molecule has 1 aromatic rings. The number of ether oxygens (including phenoxy) is 1. The van der Waals surface area contributed by atoms with Crippen LogP contribution in [0.25, 0.3) is 0 Å². The van der Waals surface area contributed by atoms with Gasteiger partial charge in [0.2, 0.25) is 5.91 Å². The van der Waals surface area contributed by atoms with Crippen molar-refractivity contribution in [2.45, 2.75) is 0 Å². The van der Waals surface area contributed by atoms with E-state index >= 15 is 0 Å². The molecule has 1 aliphatic heterocycles. The van der Waals surface area contributed by atoms with Crippen molar-refractivity contribution >= 4 is 17.4 Å². The highest BCUT2D eigenvalue weighted by atomic mass is 16.5. The van der Waals surface area contributed by atoms with E-state index < -0.39 is 0 Å². The van der Waals surface area contributed by atoms with Crippen molar-refractivity contribution in [3.63, 3.8) is 0 Å². The van der Waals surface area contributed by atoms with Crippen LogP contribution in [-0.2, 0) is 9.53 Å². The number of hydrogen-bond donors (Lipinski definition) is 0. The Balaban J connectivity index is 1.97. The maximum Gasteiger partial charge on any atom is 0.248 e. The predicted octanol–water partition coefficient (Wildman–Crippen LogP) is -0.162. The minimum atomic E-state index is 0.0419. The summed E-state index contributed by atoms with van der Waals surface area (Å²) in [5.41, 5.74) is 1.02. The van der Waals surface area contributed by atoms with Crippen LogP contribution in [0.4, 0.5) is 11.5 Å². The summed E-state index contributed by atoms with van der Waals surface area (Å²) in [6.45, 7) is 3.06. The van der Waals surface area contributed by atoms with E-state index in [1.807, 2.05) is 30.0 Å². The molecule has 2 heterocycles. The molecule has 0 saturated carbocycles. The number of nitrogens with zero attached hydrogens (tertiary/aromatic N) is 5. The van der Waals surface area contributed by atoms with Crippen LogP contribution in [0.5, 0.6) is 0 Å². The van der Waals surface area contributed by atoms with Crippen molar-refractivity contribution in [3.8, 4) is 0 Å². The smallest absolute Gasteiger partial charge is 0.248 e. The zero-order valence-electron chi connectivity index (χ0n) is 12.2. The van der Waals surface area contributed by atoms with Gasteiger partial charge < -0.3 is 19.4 Å². The first kappa shape index (κ1) is 14.5. The quantitative estimate of drug-likeness (QED) is 0.763. The fraction of sp³-hybridized carbons (Fsp3) is 0.615. The van der Waals surface area contributed by atoms with E-state index in [4.69, 9.17) is 4.74 Å². The van der Waals surface area contributed by atoms with Crippen molar-refractivity contribution in [3.05, 3.63) is 12.3 Å². The fourth-order valence-corrected chi connectivity index (χ4v) is 2.14.